The number of nitrogens with one attached hydrogen (secondary N) is 2. The van der Waals surface area contributed by atoms with Crippen molar-refractivity contribution in [1.82, 2.24) is 9.97 Å². The van der Waals surface area contributed by atoms with E-state index in [9.17, 15) is 0 Å². The molecule has 0 atom stereocenters. The summed E-state index contributed by atoms with van der Waals surface area (Å²) < 4.78 is 0. The second-order valence-corrected chi connectivity index (χ2v) is 5.31. The Kier molecular flexibility index (Phi) is 3.42. The Morgan fingerprint density at radius 1 is 1.15 bits per heavy atom. The van der Waals surface area contributed by atoms with E-state index in [1.165, 1.54) is 22.2 Å². The second-order valence-electron chi connectivity index (χ2n) is 5.31. The molecule has 0 aliphatic heterocycles. The summed E-state index contributed by atoms with van der Waals surface area (Å²) in [6.45, 7) is 5.24. The predicted octanol–water partition coefficient (Wildman–Crippen LogP) is 4.30. The van der Waals surface area contributed by atoms with Crippen LogP contribution in [-0.2, 0) is 6.54 Å². The van der Waals surface area contributed by atoms with E-state index in [-0.39, 0.29) is 0 Å². The Bertz CT molecular complexity index is 713. The van der Waals surface area contributed by atoms with Crippen LogP contribution in [0.3, 0.4) is 0 Å². The van der Waals surface area contributed by atoms with E-state index in [4.69, 9.17) is 0 Å². The second kappa shape index (κ2) is 5.37. The maximum absolute atomic E-state index is 4.32. The van der Waals surface area contributed by atoms with E-state index in [1.54, 1.807) is 0 Å². The first kappa shape index (κ1) is 12.7. The highest BCUT2D eigenvalue weighted by atomic mass is 14.9. The number of H-pyrrole nitrogens is 1. The molecule has 20 heavy (non-hydrogen) atoms. The first-order valence-electron chi connectivity index (χ1n) is 6.99. The lowest BCUT2D eigenvalue weighted by molar-refractivity contribution is 0.865. The molecule has 0 bridgehead atoms. The van der Waals surface area contributed by atoms with Gasteiger partial charge in [-0.2, -0.15) is 0 Å². The summed E-state index contributed by atoms with van der Waals surface area (Å²) in [7, 11) is 0. The molecule has 2 aromatic heterocycles. The molecule has 0 aliphatic rings. The van der Waals surface area contributed by atoms with Gasteiger partial charge in [0, 0.05) is 30.0 Å². The highest BCUT2D eigenvalue weighted by Gasteiger charge is 2.07. The Morgan fingerprint density at radius 2 is 2.00 bits per heavy atom. The molecule has 0 aliphatic carbocycles. The zero-order valence-electron chi connectivity index (χ0n) is 11.9. The molecule has 0 radical (unpaired) electrons. The average Bonchev–Trinajstić information content (AvgIpc) is 2.88. The highest BCUT2D eigenvalue weighted by Crippen LogP contribution is 2.25. The number of rotatable bonds is 4. The van der Waals surface area contributed by atoms with Gasteiger partial charge >= 0.3 is 0 Å². The first-order chi connectivity index (χ1) is 9.75. The number of benzene rings is 1. The smallest absolute Gasteiger partial charge is 0.137 e. The van der Waals surface area contributed by atoms with E-state index in [0.717, 1.165) is 12.2 Å². The normalized spacial score (nSPS) is 11.2. The van der Waals surface area contributed by atoms with Crippen LogP contribution in [0.2, 0.25) is 0 Å². The molecule has 0 unspecified atom stereocenters. The van der Waals surface area contributed by atoms with Gasteiger partial charge in [0.05, 0.1) is 0 Å². The van der Waals surface area contributed by atoms with Gasteiger partial charge in [0.2, 0.25) is 0 Å². The number of nitrogens with zero attached hydrogens (tertiary/aromatic N) is 1. The van der Waals surface area contributed by atoms with Crippen molar-refractivity contribution in [3.05, 3.63) is 59.9 Å². The Balaban J connectivity index is 1.83. The van der Waals surface area contributed by atoms with Gasteiger partial charge in [-0.15, -0.1) is 0 Å². The topological polar surface area (TPSA) is 40.7 Å². The Morgan fingerprint density at radius 3 is 2.85 bits per heavy atom. The SMILES string of the molecule is CC(C)c1ccccc1NCc1c[nH]c2ncccc12. The summed E-state index contributed by atoms with van der Waals surface area (Å²) in [5, 5.41) is 4.72. The Labute approximate surface area is 119 Å². The molecule has 3 heteroatoms. The molecule has 0 saturated heterocycles. The molecular weight excluding hydrogens is 246 g/mol. The third kappa shape index (κ3) is 2.39. The molecule has 0 fully saturated rings. The van der Waals surface area contributed by atoms with E-state index < -0.39 is 0 Å². The monoisotopic (exact) mass is 265 g/mol. The van der Waals surface area contributed by atoms with E-state index in [0.29, 0.717) is 5.92 Å². The molecular formula is C17H19N3. The fraction of sp³-hybridized carbons (Fsp3) is 0.235. The van der Waals surface area contributed by atoms with Gasteiger partial charge in [0.15, 0.2) is 0 Å². The number of anilines is 1. The fourth-order valence-electron chi connectivity index (χ4n) is 2.51. The molecule has 1 aromatic carbocycles. The number of hydrogen-bond donors (Lipinski definition) is 2. The van der Waals surface area contributed by atoms with E-state index in [2.05, 4.69) is 59.5 Å². The summed E-state index contributed by atoms with van der Waals surface area (Å²) in [5.74, 6) is 0.517. The van der Waals surface area contributed by atoms with Gasteiger partial charge in [-0.3, -0.25) is 0 Å². The first-order valence-corrected chi connectivity index (χ1v) is 6.99. The zero-order chi connectivity index (χ0) is 13.9. The van der Waals surface area contributed by atoms with Crippen LogP contribution in [0, 0.1) is 0 Å². The summed E-state index contributed by atoms with van der Waals surface area (Å²) in [5.41, 5.74) is 4.75. The third-order valence-corrected chi connectivity index (χ3v) is 3.59. The van der Waals surface area contributed by atoms with Crippen LogP contribution in [0.1, 0.15) is 30.9 Å². The van der Waals surface area contributed by atoms with Crippen LogP contribution in [0.5, 0.6) is 0 Å². The van der Waals surface area contributed by atoms with Crippen molar-refractivity contribution in [3.63, 3.8) is 0 Å². The lowest BCUT2D eigenvalue weighted by Gasteiger charge is -2.14. The highest BCUT2D eigenvalue weighted by molar-refractivity contribution is 5.79. The van der Waals surface area contributed by atoms with Gasteiger partial charge in [-0.05, 0) is 35.2 Å². The Hall–Kier alpha value is -2.29. The maximum Gasteiger partial charge on any atom is 0.137 e. The van der Waals surface area contributed by atoms with Crippen LogP contribution in [-0.4, -0.2) is 9.97 Å². The van der Waals surface area contributed by atoms with Gasteiger partial charge in [0.25, 0.3) is 0 Å². The van der Waals surface area contributed by atoms with Crippen LogP contribution in [0.15, 0.2) is 48.8 Å². The van der Waals surface area contributed by atoms with Crippen molar-refractivity contribution in [3.8, 4) is 0 Å². The summed E-state index contributed by atoms with van der Waals surface area (Å²) in [4.78, 5) is 7.53. The molecule has 0 saturated carbocycles. The number of aromatic nitrogens is 2. The van der Waals surface area contributed by atoms with Crippen LogP contribution in [0.25, 0.3) is 11.0 Å². The number of hydrogen-bond acceptors (Lipinski definition) is 2. The molecule has 2 heterocycles. The number of pyridine rings is 1. The van der Waals surface area contributed by atoms with Gasteiger partial charge < -0.3 is 10.3 Å². The molecule has 102 valence electrons. The number of fused-ring (bicyclic) bond motifs is 1. The summed E-state index contributed by atoms with van der Waals surface area (Å²) >= 11 is 0. The summed E-state index contributed by atoms with van der Waals surface area (Å²) in [6, 6.07) is 12.6. The van der Waals surface area contributed by atoms with Gasteiger partial charge in [0.1, 0.15) is 5.65 Å². The minimum atomic E-state index is 0.517. The van der Waals surface area contributed by atoms with Crippen molar-refractivity contribution in [2.24, 2.45) is 0 Å². The molecule has 3 nitrogen and oxygen atoms in total. The molecule has 0 amide bonds. The molecule has 2 N–H and O–H groups in total. The average molecular weight is 265 g/mol. The quantitative estimate of drug-likeness (QED) is 0.738. The molecule has 3 rings (SSSR count). The van der Waals surface area contributed by atoms with Crippen molar-refractivity contribution < 1.29 is 0 Å². The zero-order valence-corrected chi connectivity index (χ0v) is 11.9. The standard InChI is InChI=1S/C17H19N3/c1-12(2)14-6-3-4-8-16(14)19-10-13-11-20-17-15(13)7-5-9-18-17/h3-9,11-12,19H,10H2,1-2H3,(H,18,20). The van der Waals surface area contributed by atoms with E-state index in [1.807, 2.05) is 18.5 Å². The molecule has 3 aromatic rings. The van der Waals surface area contributed by atoms with E-state index >= 15 is 0 Å². The minimum absolute atomic E-state index is 0.517. The van der Waals surface area contributed by atoms with Crippen molar-refractivity contribution in [2.75, 3.05) is 5.32 Å². The van der Waals surface area contributed by atoms with Crippen LogP contribution in [0.4, 0.5) is 5.69 Å². The third-order valence-electron chi connectivity index (χ3n) is 3.59. The van der Waals surface area contributed by atoms with Crippen molar-refractivity contribution >= 4 is 16.7 Å². The van der Waals surface area contributed by atoms with Crippen LogP contribution >= 0.6 is 0 Å². The van der Waals surface area contributed by atoms with Crippen LogP contribution < -0.4 is 5.32 Å². The maximum atomic E-state index is 4.32. The fourth-order valence-corrected chi connectivity index (χ4v) is 2.51. The lowest BCUT2D eigenvalue weighted by atomic mass is 10.0. The van der Waals surface area contributed by atoms with Crippen molar-refractivity contribution in [1.29, 1.82) is 0 Å². The number of para-hydroxylation sites is 1. The van der Waals surface area contributed by atoms with Crippen molar-refractivity contribution in [2.45, 2.75) is 26.3 Å². The predicted molar refractivity (Wildman–Crippen MR) is 84.0 cm³/mol. The van der Waals surface area contributed by atoms with Gasteiger partial charge in [-0.1, -0.05) is 32.0 Å². The summed E-state index contributed by atoms with van der Waals surface area (Å²) in [6.07, 6.45) is 3.84. The minimum Gasteiger partial charge on any atom is -0.381 e. The number of aromatic amines is 1. The lowest BCUT2D eigenvalue weighted by Crippen LogP contribution is -2.02. The molecule has 0 spiro atoms. The van der Waals surface area contributed by atoms with Gasteiger partial charge in [-0.25, -0.2) is 4.98 Å². The largest absolute Gasteiger partial charge is 0.381 e.